The van der Waals surface area contributed by atoms with Crippen LogP contribution in [0.15, 0.2) is 0 Å². The Morgan fingerprint density at radius 2 is 2.00 bits per heavy atom. The number of ether oxygens (including phenoxy) is 2. The molecule has 7 nitrogen and oxygen atoms in total. The van der Waals surface area contributed by atoms with Crippen LogP contribution < -0.4 is 5.32 Å². The third-order valence-corrected chi connectivity index (χ3v) is 4.11. The van der Waals surface area contributed by atoms with E-state index in [9.17, 15) is 14.7 Å². The summed E-state index contributed by atoms with van der Waals surface area (Å²) < 4.78 is 10.5. The minimum absolute atomic E-state index is 0.0132. The molecule has 2 aliphatic rings. The third-order valence-electron chi connectivity index (χ3n) is 4.11. The van der Waals surface area contributed by atoms with Crippen molar-refractivity contribution >= 4 is 12.0 Å². The highest BCUT2D eigenvalue weighted by Gasteiger charge is 2.41. The zero-order valence-electron chi connectivity index (χ0n) is 11.8. The van der Waals surface area contributed by atoms with Gasteiger partial charge in [-0.05, 0) is 19.8 Å². The number of amides is 2. The van der Waals surface area contributed by atoms with Crippen molar-refractivity contribution in [1.82, 2.24) is 10.2 Å². The van der Waals surface area contributed by atoms with E-state index in [0.717, 1.165) is 0 Å². The van der Waals surface area contributed by atoms with E-state index in [4.69, 9.17) is 9.47 Å². The molecular weight excluding hydrogens is 264 g/mol. The van der Waals surface area contributed by atoms with E-state index in [0.29, 0.717) is 45.8 Å². The molecule has 2 fully saturated rings. The van der Waals surface area contributed by atoms with Crippen molar-refractivity contribution in [1.29, 1.82) is 0 Å². The summed E-state index contributed by atoms with van der Waals surface area (Å²) >= 11 is 0. The fourth-order valence-corrected chi connectivity index (χ4v) is 2.60. The molecule has 0 aromatic heterocycles. The molecule has 1 atom stereocenters. The second-order valence-electron chi connectivity index (χ2n) is 5.47. The minimum atomic E-state index is -0.899. The van der Waals surface area contributed by atoms with Crippen LogP contribution in [0.25, 0.3) is 0 Å². The lowest BCUT2D eigenvalue weighted by atomic mass is 9.80. The predicted octanol–water partition coefficient (Wildman–Crippen LogP) is 0.298. The van der Waals surface area contributed by atoms with Gasteiger partial charge in [-0.25, -0.2) is 4.79 Å². The largest absolute Gasteiger partial charge is 0.481 e. The molecule has 2 heterocycles. The Morgan fingerprint density at radius 1 is 1.30 bits per heavy atom. The van der Waals surface area contributed by atoms with Gasteiger partial charge in [-0.2, -0.15) is 0 Å². The molecular formula is C13H22N2O5. The molecule has 2 aliphatic heterocycles. The molecule has 0 saturated carbocycles. The number of carboxylic acids is 1. The standard InChI is InChI=1S/C13H22N2O5/c1-10-8-20-7-4-15(10)12(18)14-9-13(11(16)17)2-5-19-6-3-13/h10H,2-9H2,1H3,(H,14,18)(H,16,17). The number of aliphatic carboxylic acids is 1. The van der Waals surface area contributed by atoms with Crippen LogP contribution in [0.3, 0.4) is 0 Å². The van der Waals surface area contributed by atoms with Crippen molar-refractivity contribution < 1.29 is 24.2 Å². The predicted molar refractivity (Wildman–Crippen MR) is 70.5 cm³/mol. The average Bonchev–Trinajstić information content (AvgIpc) is 2.46. The molecule has 2 saturated heterocycles. The van der Waals surface area contributed by atoms with Gasteiger partial charge >= 0.3 is 12.0 Å². The Labute approximate surface area is 118 Å². The highest BCUT2D eigenvalue weighted by Crippen LogP contribution is 2.30. The van der Waals surface area contributed by atoms with E-state index in [2.05, 4.69) is 5.32 Å². The van der Waals surface area contributed by atoms with E-state index in [1.807, 2.05) is 6.92 Å². The third kappa shape index (κ3) is 3.21. The van der Waals surface area contributed by atoms with Crippen LogP contribution in [0.4, 0.5) is 4.79 Å². The fourth-order valence-electron chi connectivity index (χ4n) is 2.60. The lowest BCUT2D eigenvalue weighted by Gasteiger charge is -2.36. The molecule has 114 valence electrons. The van der Waals surface area contributed by atoms with Crippen molar-refractivity contribution in [2.45, 2.75) is 25.8 Å². The average molecular weight is 286 g/mol. The number of hydrogen-bond acceptors (Lipinski definition) is 4. The number of carbonyl (C=O) groups is 2. The zero-order chi connectivity index (χ0) is 14.6. The topological polar surface area (TPSA) is 88.1 Å². The number of nitrogens with one attached hydrogen (secondary N) is 1. The zero-order valence-corrected chi connectivity index (χ0v) is 11.8. The van der Waals surface area contributed by atoms with E-state index < -0.39 is 11.4 Å². The number of carboxylic acid groups (broad SMARTS) is 1. The summed E-state index contributed by atoms with van der Waals surface area (Å²) in [5.41, 5.74) is -0.899. The summed E-state index contributed by atoms with van der Waals surface area (Å²) in [4.78, 5) is 25.3. The fraction of sp³-hybridized carbons (Fsp3) is 0.846. The summed E-state index contributed by atoms with van der Waals surface area (Å²) in [6.45, 7) is 4.50. The molecule has 2 N–H and O–H groups in total. The van der Waals surface area contributed by atoms with E-state index in [1.165, 1.54) is 0 Å². The summed E-state index contributed by atoms with van der Waals surface area (Å²) in [6.07, 6.45) is 0.864. The van der Waals surface area contributed by atoms with Crippen molar-refractivity contribution in [3.05, 3.63) is 0 Å². The maximum Gasteiger partial charge on any atom is 0.317 e. The Morgan fingerprint density at radius 3 is 2.60 bits per heavy atom. The van der Waals surface area contributed by atoms with Gasteiger partial charge in [0.15, 0.2) is 0 Å². The van der Waals surface area contributed by atoms with Gasteiger partial charge in [0.1, 0.15) is 0 Å². The lowest BCUT2D eigenvalue weighted by Crippen LogP contribution is -2.54. The highest BCUT2D eigenvalue weighted by molar-refractivity contribution is 5.78. The lowest BCUT2D eigenvalue weighted by molar-refractivity contribution is -0.154. The highest BCUT2D eigenvalue weighted by atomic mass is 16.5. The first kappa shape index (κ1) is 15.1. The minimum Gasteiger partial charge on any atom is -0.481 e. The quantitative estimate of drug-likeness (QED) is 0.779. The molecule has 1 unspecified atom stereocenters. The van der Waals surface area contributed by atoms with Crippen LogP contribution in [-0.4, -0.2) is 67.6 Å². The smallest absolute Gasteiger partial charge is 0.317 e. The number of hydrogen-bond donors (Lipinski definition) is 2. The Bertz CT molecular complexity index is 368. The van der Waals surface area contributed by atoms with Crippen LogP contribution in [0, 0.1) is 5.41 Å². The van der Waals surface area contributed by atoms with Crippen LogP contribution in [0.5, 0.6) is 0 Å². The van der Waals surface area contributed by atoms with E-state index in [-0.39, 0.29) is 18.6 Å². The maximum absolute atomic E-state index is 12.2. The maximum atomic E-state index is 12.2. The van der Waals surface area contributed by atoms with Crippen molar-refractivity contribution in [2.24, 2.45) is 5.41 Å². The SMILES string of the molecule is CC1COCCN1C(=O)NCC1(C(=O)O)CCOCC1. The summed E-state index contributed by atoms with van der Waals surface area (Å²) in [5.74, 6) is -0.865. The van der Waals surface area contributed by atoms with E-state index in [1.54, 1.807) is 4.90 Å². The second-order valence-corrected chi connectivity index (χ2v) is 5.47. The van der Waals surface area contributed by atoms with Gasteiger partial charge in [0.05, 0.1) is 24.7 Å². The second kappa shape index (κ2) is 6.41. The van der Waals surface area contributed by atoms with Crippen molar-refractivity contribution in [2.75, 3.05) is 39.5 Å². The Balaban J connectivity index is 1.91. The van der Waals surface area contributed by atoms with Crippen molar-refractivity contribution in [3.8, 4) is 0 Å². The normalized spacial score (nSPS) is 26.1. The van der Waals surface area contributed by atoms with Crippen LogP contribution in [0.2, 0.25) is 0 Å². The first-order valence-corrected chi connectivity index (χ1v) is 6.98. The Kier molecular flexibility index (Phi) is 4.82. The van der Waals surface area contributed by atoms with Gasteiger partial charge in [-0.1, -0.05) is 0 Å². The molecule has 0 spiro atoms. The summed E-state index contributed by atoms with van der Waals surface area (Å²) in [7, 11) is 0. The van der Waals surface area contributed by atoms with Gasteiger partial charge in [0.25, 0.3) is 0 Å². The molecule has 0 aromatic carbocycles. The molecule has 2 rings (SSSR count). The Hall–Kier alpha value is -1.34. The molecule has 0 radical (unpaired) electrons. The van der Waals surface area contributed by atoms with Crippen LogP contribution in [-0.2, 0) is 14.3 Å². The molecule has 7 heteroatoms. The van der Waals surface area contributed by atoms with Gasteiger partial charge in [0.2, 0.25) is 0 Å². The molecule has 2 amide bonds. The van der Waals surface area contributed by atoms with E-state index >= 15 is 0 Å². The number of carbonyl (C=O) groups excluding carboxylic acids is 1. The number of urea groups is 1. The molecule has 0 aromatic rings. The molecule has 0 bridgehead atoms. The van der Waals surface area contributed by atoms with Gasteiger partial charge < -0.3 is 24.8 Å². The van der Waals surface area contributed by atoms with Crippen LogP contribution in [0.1, 0.15) is 19.8 Å². The summed E-state index contributed by atoms with van der Waals surface area (Å²) in [5, 5.41) is 12.2. The van der Waals surface area contributed by atoms with Gasteiger partial charge in [0, 0.05) is 26.3 Å². The monoisotopic (exact) mass is 286 g/mol. The van der Waals surface area contributed by atoms with Gasteiger partial charge in [-0.3, -0.25) is 4.79 Å². The number of morpholine rings is 1. The number of rotatable bonds is 3. The first-order chi connectivity index (χ1) is 9.55. The molecule has 20 heavy (non-hydrogen) atoms. The first-order valence-electron chi connectivity index (χ1n) is 6.98. The van der Waals surface area contributed by atoms with Gasteiger partial charge in [-0.15, -0.1) is 0 Å². The van der Waals surface area contributed by atoms with Crippen LogP contribution >= 0.6 is 0 Å². The van der Waals surface area contributed by atoms with Crippen molar-refractivity contribution in [3.63, 3.8) is 0 Å². The molecule has 0 aliphatic carbocycles. The number of nitrogens with zero attached hydrogens (tertiary/aromatic N) is 1. The summed E-state index contributed by atoms with van der Waals surface area (Å²) in [6, 6.07) is -0.202.